The van der Waals surface area contributed by atoms with Gasteiger partial charge in [-0.1, -0.05) is 133 Å². The molecule has 0 radical (unpaired) electrons. The lowest BCUT2D eigenvalue weighted by molar-refractivity contribution is 0.669. The number of hydrogen-bond acceptors (Lipinski definition) is 3. The van der Waals surface area contributed by atoms with Gasteiger partial charge in [0.15, 0.2) is 0 Å². The minimum absolute atomic E-state index is 0.862. The normalized spacial score (nSPS) is 11.8. The minimum atomic E-state index is 0.862. The van der Waals surface area contributed by atoms with E-state index in [0.29, 0.717) is 0 Å². The second-order valence-electron chi connectivity index (χ2n) is 13.6. The van der Waals surface area contributed by atoms with Crippen molar-refractivity contribution >= 4 is 82.5 Å². The van der Waals surface area contributed by atoms with Crippen molar-refractivity contribution in [2.75, 3.05) is 4.90 Å². The number of nitrogens with zero attached hydrogens (tertiary/aromatic N) is 1. The van der Waals surface area contributed by atoms with E-state index in [2.05, 4.69) is 169 Å². The highest BCUT2D eigenvalue weighted by atomic mass is 16.3. The molecule has 0 bridgehead atoms. The smallest absolute Gasteiger partial charge is 0.143 e. The molecule has 0 unspecified atom stereocenters. The molecule has 0 atom stereocenters. The van der Waals surface area contributed by atoms with E-state index in [9.17, 15) is 0 Å². The number of rotatable bonds is 5. The van der Waals surface area contributed by atoms with Gasteiger partial charge in [0, 0.05) is 33.1 Å². The van der Waals surface area contributed by atoms with Gasteiger partial charge in [0.05, 0.1) is 11.1 Å². The number of fused-ring (bicyclic) bond motifs is 9. The lowest BCUT2D eigenvalue weighted by atomic mass is 9.93. The summed E-state index contributed by atoms with van der Waals surface area (Å²) in [5.41, 5.74) is 11.3. The minimum Gasteiger partial charge on any atom is -0.456 e. The Hall–Kier alpha value is -7.10. The van der Waals surface area contributed by atoms with Gasteiger partial charge in [-0.2, -0.15) is 0 Å². The molecule has 0 aliphatic rings. The fourth-order valence-corrected chi connectivity index (χ4v) is 8.22. The molecule has 0 aliphatic heterocycles. The van der Waals surface area contributed by atoms with Crippen LogP contribution >= 0.6 is 0 Å². The van der Waals surface area contributed by atoms with Crippen molar-refractivity contribution < 1.29 is 8.83 Å². The highest BCUT2D eigenvalue weighted by Gasteiger charge is 2.20. The zero-order chi connectivity index (χ0) is 34.9. The first-order valence-corrected chi connectivity index (χ1v) is 18.0. The first-order valence-electron chi connectivity index (χ1n) is 18.0. The number of anilines is 3. The van der Waals surface area contributed by atoms with Crippen LogP contribution in [0, 0.1) is 0 Å². The van der Waals surface area contributed by atoms with Gasteiger partial charge in [-0.05, 0) is 92.8 Å². The summed E-state index contributed by atoms with van der Waals surface area (Å²) in [5, 5.41) is 9.47. The molecule has 3 nitrogen and oxygen atoms in total. The summed E-state index contributed by atoms with van der Waals surface area (Å²) in [6.07, 6.45) is 0. The summed E-state index contributed by atoms with van der Waals surface area (Å²) in [6, 6.07) is 66.8. The number of benzene rings is 9. The molecule has 0 saturated carbocycles. The summed E-state index contributed by atoms with van der Waals surface area (Å²) in [7, 11) is 0. The standard InChI is InChI=1S/C50H31NO2/c1-2-12-37-34(11-1)31-44(40-14-4-3-13-39(37)40)33-25-29-36(30-26-33)51(45-19-10-22-48-49(45)43-16-6-8-21-47(43)52-48)35-27-23-32(24-28-35)38-17-9-18-42-41-15-5-7-20-46(41)53-50(38)42/h1-31H. The Kier molecular flexibility index (Phi) is 6.55. The van der Waals surface area contributed by atoms with Crippen molar-refractivity contribution in [3.8, 4) is 22.3 Å². The first-order chi connectivity index (χ1) is 26.3. The fourth-order valence-electron chi connectivity index (χ4n) is 8.22. The van der Waals surface area contributed by atoms with Crippen molar-refractivity contribution in [1.82, 2.24) is 0 Å². The van der Waals surface area contributed by atoms with Gasteiger partial charge < -0.3 is 13.7 Å². The van der Waals surface area contributed by atoms with Crippen LogP contribution in [0.15, 0.2) is 197 Å². The Morgan fingerprint density at radius 1 is 0.340 bits per heavy atom. The highest BCUT2D eigenvalue weighted by molar-refractivity contribution is 6.15. The topological polar surface area (TPSA) is 29.5 Å². The van der Waals surface area contributed by atoms with E-state index in [4.69, 9.17) is 8.83 Å². The van der Waals surface area contributed by atoms with Gasteiger partial charge in [0.1, 0.15) is 22.3 Å². The Labute approximate surface area is 305 Å². The molecule has 0 amide bonds. The predicted molar refractivity (Wildman–Crippen MR) is 222 cm³/mol. The molecule has 2 heterocycles. The highest BCUT2D eigenvalue weighted by Crippen LogP contribution is 2.45. The lowest BCUT2D eigenvalue weighted by Crippen LogP contribution is -2.10. The Balaban J connectivity index is 1.07. The van der Waals surface area contributed by atoms with Gasteiger partial charge in [-0.25, -0.2) is 0 Å². The molecule has 0 spiro atoms. The molecule has 0 N–H and O–H groups in total. The molecule has 2 aromatic heterocycles. The average molecular weight is 678 g/mol. The van der Waals surface area contributed by atoms with Crippen molar-refractivity contribution in [3.63, 3.8) is 0 Å². The van der Waals surface area contributed by atoms with Crippen LogP contribution in [0.5, 0.6) is 0 Å². The fraction of sp³-hybridized carbons (Fsp3) is 0. The van der Waals surface area contributed by atoms with E-state index in [1.165, 1.54) is 32.7 Å². The third-order valence-electron chi connectivity index (χ3n) is 10.7. The van der Waals surface area contributed by atoms with Crippen molar-refractivity contribution in [1.29, 1.82) is 0 Å². The summed E-state index contributed by atoms with van der Waals surface area (Å²) >= 11 is 0. The number of furan rings is 2. The van der Waals surface area contributed by atoms with Crippen LogP contribution in [0.3, 0.4) is 0 Å². The molecule has 0 aliphatic carbocycles. The van der Waals surface area contributed by atoms with E-state index >= 15 is 0 Å². The van der Waals surface area contributed by atoms with Crippen LogP contribution in [0.2, 0.25) is 0 Å². The Morgan fingerprint density at radius 3 is 1.64 bits per heavy atom. The molecule has 53 heavy (non-hydrogen) atoms. The zero-order valence-corrected chi connectivity index (χ0v) is 28.7. The van der Waals surface area contributed by atoms with Crippen molar-refractivity contribution in [2.45, 2.75) is 0 Å². The number of para-hydroxylation sites is 3. The van der Waals surface area contributed by atoms with Crippen LogP contribution in [-0.4, -0.2) is 0 Å². The van der Waals surface area contributed by atoms with E-state index in [1.54, 1.807) is 0 Å². The van der Waals surface area contributed by atoms with Crippen LogP contribution in [0.1, 0.15) is 0 Å². The van der Waals surface area contributed by atoms with Crippen LogP contribution < -0.4 is 4.90 Å². The second kappa shape index (κ2) is 11.7. The molecule has 248 valence electrons. The number of hydrogen-bond donors (Lipinski definition) is 0. The van der Waals surface area contributed by atoms with Crippen molar-refractivity contribution in [3.05, 3.63) is 188 Å². The predicted octanol–water partition coefficient (Wildman–Crippen LogP) is 14.6. The Morgan fingerprint density at radius 2 is 0.887 bits per heavy atom. The molecule has 9 aromatic carbocycles. The van der Waals surface area contributed by atoms with Gasteiger partial charge in [-0.15, -0.1) is 0 Å². The summed E-state index contributed by atoms with van der Waals surface area (Å²) in [6.45, 7) is 0. The molecule has 11 rings (SSSR count). The Bertz CT molecular complexity index is 3170. The molecule has 0 saturated heterocycles. The quantitative estimate of drug-likeness (QED) is 0.170. The maximum atomic E-state index is 6.41. The van der Waals surface area contributed by atoms with Crippen LogP contribution in [-0.2, 0) is 0 Å². The second-order valence-corrected chi connectivity index (χ2v) is 13.6. The third-order valence-corrected chi connectivity index (χ3v) is 10.7. The molecule has 11 aromatic rings. The van der Waals surface area contributed by atoms with Crippen LogP contribution in [0.4, 0.5) is 17.1 Å². The SMILES string of the molecule is c1ccc2c(c1)cc(-c1ccc(N(c3ccc(-c4cccc5c4oc4ccccc45)cc3)c3cccc4oc5ccccc5c34)cc1)c1ccccc12. The summed E-state index contributed by atoms with van der Waals surface area (Å²) in [5.74, 6) is 0. The van der Waals surface area contributed by atoms with Gasteiger partial charge in [0.25, 0.3) is 0 Å². The summed E-state index contributed by atoms with van der Waals surface area (Å²) in [4.78, 5) is 2.35. The lowest BCUT2D eigenvalue weighted by Gasteiger charge is -2.27. The van der Waals surface area contributed by atoms with Crippen LogP contribution in [0.25, 0.3) is 87.7 Å². The van der Waals surface area contributed by atoms with Crippen molar-refractivity contribution in [2.24, 2.45) is 0 Å². The maximum Gasteiger partial charge on any atom is 0.143 e. The zero-order valence-electron chi connectivity index (χ0n) is 28.7. The van der Waals surface area contributed by atoms with Gasteiger partial charge >= 0.3 is 0 Å². The largest absolute Gasteiger partial charge is 0.456 e. The van der Waals surface area contributed by atoms with E-state index in [-0.39, 0.29) is 0 Å². The van der Waals surface area contributed by atoms with Gasteiger partial charge in [0.2, 0.25) is 0 Å². The molecule has 3 heteroatoms. The van der Waals surface area contributed by atoms with E-state index < -0.39 is 0 Å². The third kappa shape index (κ3) is 4.68. The maximum absolute atomic E-state index is 6.41. The molecular formula is C50H31NO2. The molecular weight excluding hydrogens is 647 g/mol. The van der Waals surface area contributed by atoms with E-state index in [0.717, 1.165) is 72.1 Å². The van der Waals surface area contributed by atoms with Gasteiger partial charge in [-0.3, -0.25) is 0 Å². The van der Waals surface area contributed by atoms with E-state index in [1.807, 2.05) is 24.3 Å². The first kappa shape index (κ1) is 29.6. The average Bonchev–Trinajstić information content (AvgIpc) is 3.80. The monoisotopic (exact) mass is 677 g/mol. The summed E-state index contributed by atoms with van der Waals surface area (Å²) < 4.78 is 12.8. The molecule has 0 fully saturated rings.